The van der Waals surface area contributed by atoms with Gasteiger partial charge in [0.1, 0.15) is 6.54 Å². The number of hydrogen-bond donors (Lipinski definition) is 2. The van der Waals surface area contributed by atoms with Gasteiger partial charge in [0.15, 0.2) is 0 Å². The van der Waals surface area contributed by atoms with E-state index >= 15 is 0 Å². The first-order chi connectivity index (χ1) is 6.15. The van der Waals surface area contributed by atoms with Crippen LogP contribution in [-0.2, 0) is 4.79 Å². The fraction of sp³-hybridized carbons (Fsp3) is 0.750. The highest BCUT2D eigenvalue weighted by Gasteiger charge is 2.12. The molecule has 0 aromatic heterocycles. The van der Waals surface area contributed by atoms with Gasteiger partial charge in [-0.2, -0.15) is 0 Å². The van der Waals surface area contributed by atoms with Crippen LogP contribution in [0.15, 0.2) is 0 Å². The summed E-state index contributed by atoms with van der Waals surface area (Å²) in [6, 6.07) is -0.200. The van der Waals surface area contributed by atoms with E-state index in [0.717, 1.165) is 0 Å². The second kappa shape index (κ2) is 6.28. The topological polar surface area (TPSA) is 61.4 Å². The number of carbonyl (C=O) groups excluding carboxylic acids is 2. The quantitative estimate of drug-likeness (QED) is 0.639. The van der Waals surface area contributed by atoms with Crippen molar-refractivity contribution in [1.82, 2.24) is 15.5 Å². The molecule has 0 atom stereocenters. The molecule has 0 rings (SSSR count). The predicted octanol–water partition coefficient (Wildman–Crippen LogP) is -0.216. The molecular weight excluding hydrogens is 170 g/mol. The van der Waals surface area contributed by atoms with Gasteiger partial charge in [0, 0.05) is 20.1 Å². The number of nitrogens with one attached hydrogen (secondary N) is 2. The fourth-order valence-electron chi connectivity index (χ4n) is 0.843. The molecule has 76 valence electrons. The molecule has 0 aromatic rings. The molecule has 0 radical (unpaired) electrons. The first kappa shape index (κ1) is 11.7. The third kappa shape index (κ3) is 4.35. The van der Waals surface area contributed by atoms with Crippen molar-refractivity contribution in [3.8, 4) is 0 Å². The summed E-state index contributed by atoms with van der Waals surface area (Å²) in [6.07, 6.45) is 0. The zero-order valence-corrected chi connectivity index (χ0v) is 8.39. The number of urea groups is 1. The monoisotopic (exact) mass is 187 g/mol. The molecule has 0 heterocycles. The van der Waals surface area contributed by atoms with Crippen molar-refractivity contribution in [3.63, 3.8) is 0 Å². The van der Waals surface area contributed by atoms with Crippen LogP contribution >= 0.6 is 0 Å². The molecular formula is C8H17N3O2. The molecule has 0 aliphatic carbocycles. The summed E-state index contributed by atoms with van der Waals surface area (Å²) in [5.74, 6) is -0.159. The molecule has 0 aliphatic heterocycles. The van der Waals surface area contributed by atoms with Gasteiger partial charge in [-0.05, 0) is 13.8 Å². The molecule has 0 saturated carbocycles. The van der Waals surface area contributed by atoms with Crippen LogP contribution in [0.1, 0.15) is 13.8 Å². The number of amides is 3. The highest BCUT2D eigenvalue weighted by Crippen LogP contribution is 1.88. The minimum atomic E-state index is -0.200. The second-order valence-corrected chi connectivity index (χ2v) is 2.52. The number of carbonyl (C=O) groups is 2. The van der Waals surface area contributed by atoms with Gasteiger partial charge in [-0.1, -0.05) is 0 Å². The molecule has 0 unspecified atom stereocenters. The van der Waals surface area contributed by atoms with Gasteiger partial charge in [-0.15, -0.1) is 0 Å². The summed E-state index contributed by atoms with van der Waals surface area (Å²) in [7, 11) is 1.55. The van der Waals surface area contributed by atoms with Crippen LogP contribution in [0.4, 0.5) is 4.79 Å². The normalized spacial score (nSPS) is 9.15. The van der Waals surface area contributed by atoms with Gasteiger partial charge in [0.25, 0.3) is 0 Å². The Kier molecular flexibility index (Phi) is 5.67. The second-order valence-electron chi connectivity index (χ2n) is 2.52. The zero-order chi connectivity index (χ0) is 10.3. The Bertz CT molecular complexity index is 182. The first-order valence-corrected chi connectivity index (χ1v) is 4.39. The molecule has 0 bridgehead atoms. The number of rotatable bonds is 4. The summed E-state index contributed by atoms with van der Waals surface area (Å²) < 4.78 is 0. The largest absolute Gasteiger partial charge is 0.358 e. The van der Waals surface area contributed by atoms with Gasteiger partial charge < -0.3 is 15.5 Å². The number of hydrogen-bond acceptors (Lipinski definition) is 2. The van der Waals surface area contributed by atoms with Gasteiger partial charge in [0.2, 0.25) is 5.91 Å². The van der Waals surface area contributed by atoms with Gasteiger partial charge in [-0.3, -0.25) is 4.79 Å². The minimum absolute atomic E-state index is 0.110. The van der Waals surface area contributed by atoms with Crippen LogP contribution in [-0.4, -0.2) is 43.5 Å². The lowest BCUT2D eigenvalue weighted by atomic mass is 10.5. The average Bonchev–Trinajstić information content (AvgIpc) is 2.14. The van der Waals surface area contributed by atoms with Gasteiger partial charge in [-0.25, -0.2) is 4.79 Å². The molecule has 0 fully saturated rings. The highest BCUT2D eigenvalue weighted by molar-refractivity contribution is 5.83. The molecule has 0 aliphatic rings. The van der Waals surface area contributed by atoms with E-state index in [-0.39, 0.29) is 18.5 Å². The molecule has 2 N–H and O–H groups in total. The van der Waals surface area contributed by atoms with Gasteiger partial charge in [0.05, 0.1) is 0 Å². The highest BCUT2D eigenvalue weighted by atomic mass is 16.2. The van der Waals surface area contributed by atoms with Crippen molar-refractivity contribution in [2.45, 2.75) is 13.8 Å². The van der Waals surface area contributed by atoms with Crippen LogP contribution in [0.3, 0.4) is 0 Å². The fourth-order valence-corrected chi connectivity index (χ4v) is 0.843. The third-order valence-corrected chi connectivity index (χ3v) is 1.61. The van der Waals surface area contributed by atoms with Crippen LogP contribution in [0.25, 0.3) is 0 Å². The summed E-state index contributed by atoms with van der Waals surface area (Å²) in [4.78, 5) is 23.7. The summed E-state index contributed by atoms with van der Waals surface area (Å²) in [6.45, 7) is 4.88. The van der Waals surface area contributed by atoms with Crippen molar-refractivity contribution in [1.29, 1.82) is 0 Å². The van der Waals surface area contributed by atoms with E-state index in [4.69, 9.17) is 0 Å². The Balaban J connectivity index is 4.01. The number of likely N-dealkylation sites (N-methyl/N-ethyl adjacent to an activating group) is 2. The minimum Gasteiger partial charge on any atom is -0.358 e. The van der Waals surface area contributed by atoms with Crippen LogP contribution < -0.4 is 10.6 Å². The van der Waals surface area contributed by atoms with Crippen LogP contribution in [0.2, 0.25) is 0 Å². The maximum atomic E-state index is 11.3. The Morgan fingerprint density at radius 3 is 2.31 bits per heavy atom. The Labute approximate surface area is 78.5 Å². The molecule has 0 aromatic carbocycles. The third-order valence-electron chi connectivity index (χ3n) is 1.61. The van der Waals surface area contributed by atoms with E-state index in [0.29, 0.717) is 13.1 Å². The van der Waals surface area contributed by atoms with Crippen molar-refractivity contribution in [2.75, 3.05) is 26.7 Å². The maximum Gasteiger partial charge on any atom is 0.317 e. The standard InChI is InChI=1S/C8H17N3O2/c1-4-10-8(13)11(5-2)6-7(12)9-3/h4-6H2,1-3H3,(H,9,12)(H,10,13). The Morgan fingerprint density at radius 2 is 1.92 bits per heavy atom. The lowest BCUT2D eigenvalue weighted by molar-refractivity contribution is -0.121. The summed E-state index contributed by atoms with van der Waals surface area (Å²) >= 11 is 0. The molecule has 0 saturated heterocycles. The van der Waals surface area contributed by atoms with Gasteiger partial charge >= 0.3 is 6.03 Å². The SMILES string of the molecule is CCNC(=O)N(CC)CC(=O)NC. The van der Waals surface area contributed by atoms with Crippen LogP contribution in [0.5, 0.6) is 0 Å². The lowest BCUT2D eigenvalue weighted by Crippen LogP contribution is -2.44. The van der Waals surface area contributed by atoms with E-state index in [2.05, 4.69) is 10.6 Å². The van der Waals surface area contributed by atoms with Crippen molar-refractivity contribution in [2.24, 2.45) is 0 Å². The lowest BCUT2D eigenvalue weighted by Gasteiger charge is -2.19. The smallest absolute Gasteiger partial charge is 0.317 e. The molecule has 3 amide bonds. The van der Waals surface area contributed by atoms with E-state index in [1.165, 1.54) is 4.90 Å². The zero-order valence-electron chi connectivity index (χ0n) is 8.39. The van der Waals surface area contributed by atoms with Crippen molar-refractivity contribution < 1.29 is 9.59 Å². The molecule has 0 spiro atoms. The molecule has 13 heavy (non-hydrogen) atoms. The van der Waals surface area contributed by atoms with E-state index in [9.17, 15) is 9.59 Å². The summed E-state index contributed by atoms with van der Waals surface area (Å²) in [5.41, 5.74) is 0. The van der Waals surface area contributed by atoms with Crippen molar-refractivity contribution >= 4 is 11.9 Å². The Morgan fingerprint density at radius 1 is 1.31 bits per heavy atom. The maximum absolute atomic E-state index is 11.3. The average molecular weight is 187 g/mol. The first-order valence-electron chi connectivity index (χ1n) is 4.39. The van der Waals surface area contributed by atoms with E-state index in [1.54, 1.807) is 7.05 Å². The number of nitrogens with zero attached hydrogens (tertiary/aromatic N) is 1. The molecule has 5 heteroatoms. The van der Waals surface area contributed by atoms with E-state index in [1.807, 2.05) is 13.8 Å². The summed E-state index contributed by atoms with van der Waals surface area (Å²) in [5, 5.41) is 5.10. The molecule has 5 nitrogen and oxygen atoms in total. The predicted molar refractivity (Wildman–Crippen MR) is 50.4 cm³/mol. The van der Waals surface area contributed by atoms with Crippen molar-refractivity contribution in [3.05, 3.63) is 0 Å². The Hall–Kier alpha value is -1.26. The van der Waals surface area contributed by atoms with Crippen LogP contribution in [0, 0.1) is 0 Å². The van der Waals surface area contributed by atoms with E-state index < -0.39 is 0 Å².